The van der Waals surface area contributed by atoms with Gasteiger partial charge in [0.2, 0.25) is 5.91 Å². The van der Waals surface area contributed by atoms with Gasteiger partial charge < -0.3 is 10.4 Å². The number of aliphatic hydroxyl groups excluding tert-OH is 1. The van der Waals surface area contributed by atoms with Crippen molar-refractivity contribution in [1.29, 1.82) is 0 Å². The molecule has 1 aromatic carbocycles. The van der Waals surface area contributed by atoms with Gasteiger partial charge in [-0.2, -0.15) is 0 Å². The normalized spacial score (nSPS) is 12.2. The molecule has 0 spiro atoms. The van der Waals surface area contributed by atoms with Gasteiger partial charge in [0.1, 0.15) is 0 Å². The lowest BCUT2D eigenvalue weighted by Gasteiger charge is -2.14. The number of aryl methyl sites for hydroxylation is 1. The first-order valence-corrected chi connectivity index (χ1v) is 6.66. The number of rotatable bonds is 7. The van der Waals surface area contributed by atoms with Crippen LogP contribution >= 0.6 is 0 Å². The zero-order chi connectivity index (χ0) is 13.4. The third-order valence-electron chi connectivity index (χ3n) is 3.08. The van der Waals surface area contributed by atoms with Crippen molar-refractivity contribution < 1.29 is 9.90 Å². The smallest absolute Gasteiger partial charge is 0.220 e. The Kier molecular flexibility index (Phi) is 6.44. The molecule has 1 rings (SSSR count). The molecule has 0 radical (unpaired) electrons. The summed E-state index contributed by atoms with van der Waals surface area (Å²) in [6, 6.07) is 8.38. The molecule has 0 bridgehead atoms. The van der Waals surface area contributed by atoms with Gasteiger partial charge in [0.15, 0.2) is 0 Å². The molecule has 0 saturated heterocycles. The second-order valence-corrected chi connectivity index (χ2v) is 4.57. The SMILES string of the molecule is CCc1ccc(C(C)NC(=O)CCCCO)cc1. The molecule has 100 valence electrons. The molecule has 3 nitrogen and oxygen atoms in total. The average molecular weight is 249 g/mol. The third-order valence-corrected chi connectivity index (χ3v) is 3.08. The van der Waals surface area contributed by atoms with Gasteiger partial charge in [0.25, 0.3) is 0 Å². The monoisotopic (exact) mass is 249 g/mol. The fraction of sp³-hybridized carbons (Fsp3) is 0.533. The van der Waals surface area contributed by atoms with Crippen LogP contribution < -0.4 is 5.32 Å². The fourth-order valence-electron chi connectivity index (χ4n) is 1.84. The number of unbranched alkanes of at least 4 members (excludes halogenated alkanes) is 1. The Morgan fingerprint density at radius 3 is 2.50 bits per heavy atom. The van der Waals surface area contributed by atoms with Gasteiger partial charge in [-0.05, 0) is 37.3 Å². The van der Waals surface area contributed by atoms with E-state index in [4.69, 9.17) is 5.11 Å². The van der Waals surface area contributed by atoms with Crippen LogP contribution in [0, 0.1) is 0 Å². The van der Waals surface area contributed by atoms with Crippen LogP contribution in [-0.2, 0) is 11.2 Å². The van der Waals surface area contributed by atoms with Crippen LogP contribution in [-0.4, -0.2) is 17.6 Å². The number of carbonyl (C=O) groups excluding carboxylic acids is 1. The Labute approximate surface area is 109 Å². The Balaban J connectivity index is 2.43. The molecule has 1 atom stereocenters. The average Bonchev–Trinajstić information content (AvgIpc) is 2.39. The molecule has 1 aromatic rings. The molecule has 2 N–H and O–H groups in total. The summed E-state index contributed by atoms with van der Waals surface area (Å²) < 4.78 is 0. The highest BCUT2D eigenvalue weighted by Crippen LogP contribution is 2.14. The van der Waals surface area contributed by atoms with E-state index in [-0.39, 0.29) is 18.6 Å². The summed E-state index contributed by atoms with van der Waals surface area (Å²) in [4.78, 5) is 11.6. The van der Waals surface area contributed by atoms with E-state index in [1.54, 1.807) is 0 Å². The van der Waals surface area contributed by atoms with E-state index in [9.17, 15) is 4.79 Å². The van der Waals surface area contributed by atoms with E-state index < -0.39 is 0 Å². The Bertz CT molecular complexity index is 359. The highest BCUT2D eigenvalue weighted by atomic mass is 16.2. The minimum atomic E-state index is 0.0394. The summed E-state index contributed by atoms with van der Waals surface area (Å²) in [5, 5.41) is 11.6. The van der Waals surface area contributed by atoms with Crippen molar-refractivity contribution >= 4 is 5.91 Å². The van der Waals surface area contributed by atoms with Gasteiger partial charge in [-0.1, -0.05) is 31.2 Å². The third kappa shape index (κ3) is 4.88. The lowest BCUT2D eigenvalue weighted by atomic mass is 10.0. The Morgan fingerprint density at radius 2 is 1.94 bits per heavy atom. The Hall–Kier alpha value is -1.35. The maximum absolute atomic E-state index is 11.6. The molecule has 0 aliphatic rings. The minimum absolute atomic E-state index is 0.0394. The van der Waals surface area contributed by atoms with Gasteiger partial charge >= 0.3 is 0 Å². The van der Waals surface area contributed by atoms with E-state index in [0.29, 0.717) is 12.8 Å². The predicted molar refractivity (Wildman–Crippen MR) is 73.3 cm³/mol. The van der Waals surface area contributed by atoms with E-state index in [1.165, 1.54) is 5.56 Å². The standard InChI is InChI=1S/C15H23NO2/c1-3-13-7-9-14(10-8-13)12(2)16-15(18)6-4-5-11-17/h7-10,12,17H,3-6,11H2,1-2H3,(H,16,18). The van der Waals surface area contributed by atoms with Crippen molar-refractivity contribution in [2.45, 2.75) is 45.6 Å². The van der Waals surface area contributed by atoms with Crippen LogP contribution in [0.2, 0.25) is 0 Å². The molecule has 0 aromatic heterocycles. The second kappa shape index (κ2) is 7.88. The van der Waals surface area contributed by atoms with E-state index in [2.05, 4.69) is 36.5 Å². The van der Waals surface area contributed by atoms with E-state index in [1.807, 2.05) is 6.92 Å². The molecule has 3 heteroatoms. The van der Waals surface area contributed by atoms with Gasteiger partial charge in [0, 0.05) is 13.0 Å². The molecule has 0 fully saturated rings. The van der Waals surface area contributed by atoms with Crippen molar-refractivity contribution in [3.05, 3.63) is 35.4 Å². The molecule has 18 heavy (non-hydrogen) atoms. The molecular formula is C15H23NO2. The van der Waals surface area contributed by atoms with Crippen molar-refractivity contribution in [3.63, 3.8) is 0 Å². The lowest BCUT2D eigenvalue weighted by molar-refractivity contribution is -0.121. The van der Waals surface area contributed by atoms with Crippen molar-refractivity contribution in [2.24, 2.45) is 0 Å². The summed E-state index contributed by atoms with van der Waals surface area (Å²) in [5.41, 5.74) is 2.43. The summed E-state index contributed by atoms with van der Waals surface area (Å²) in [6.07, 6.45) is 2.94. The highest BCUT2D eigenvalue weighted by Gasteiger charge is 2.08. The molecule has 0 aliphatic heterocycles. The van der Waals surface area contributed by atoms with Crippen molar-refractivity contribution in [1.82, 2.24) is 5.32 Å². The first-order valence-electron chi connectivity index (χ1n) is 6.66. The van der Waals surface area contributed by atoms with Gasteiger partial charge in [-0.25, -0.2) is 0 Å². The largest absolute Gasteiger partial charge is 0.396 e. The molecule has 1 amide bonds. The lowest BCUT2D eigenvalue weighted by Crippen LogP contribution is -2.26. The number of amides is 1. The minimum Gasteiger partial charge on any atom is -0.396 e. The summed E-state index contributed by atoms with van der Waals surface area (Å²) in [5.74, 6) is 0.0514. The first-order chi connectivity index (χ1) is 8.67. The number of nitrogens with one attached hydrogen (secondary N) is 1. The predicted octanol–water partition coefficient (Wildman–Crippen LogP) is 2.59. The first kappa shape index (κ1) is 14.7. The van der Waals surface area contributed by atoms with Gasteiger partial charge in [-0.3, -0.25) is 4.79 Å². The highest BCUT2D eigenvalue weighted by molar-refractivity contribution is 5.76. The summed E-state index contributed by atoms with van der Waals surface area (Å²) in [6.45, 7) is 4.27. The maximum Gasteiger partial charge on any atom is 0.220 e. The van der Waals surface area contributed by atoms with Gasteiger partial charge in [0.05, 0.1) is 6.04 Å². The summed E-state index contributed by atoms with van der Waals surface area (Å²) in [7, 11) is 0. The zero-order valence-electron chi connectivity index (χ0n) is 11.3. The Morgan fingerprint density at radius 1 is 1.28 bits per heavy atom. The summed E-state index contributed by atoms with van der Waals surface area (Å²) >= 11 is 0. The number of hydrogen-bond acceptors (Lipinski definition) is 2. The number of benzene rings is 1. The molecule has 0 heterocycles. The fourth-order valence-corrected chi connectivity index (χ4v) is 1.84. The number of hydrogen-bond donors (Lipinski definition) is 2. The van der Waals surface area contributed by atoms with E-state index in [0.717, 1.165) is 18.4 Å². The van der Waals surface area contributed by atoms with Crippen LogP contribution in [0.15, 0.2) is 24.3 Å². The second-order valence-electron chi connectivity index (χ2n) is 4.57. The van der Waals surface area contributed by atoms with Crippen LogP contribution in [0.3, 0.4) is 0 Å². The van der Waals surface area contributed by atoms with Crippen LogP contribution in [0.4, 0.5) is 0 Å². The van der Waals surface area contributed by atoms with Gasteiger partial charge in [-0.15, -0.1) is 0 Å². The molecule has 0 saturated carbocycles. The van der Waals surface area contributed by atoms with Crippen LogP contribution in [0.25, 0.3) is 0 Å². The van der Waals surface area contributed by atoms with Crippen molar-refractivity contribution in [3.8, 4) is 0 Å². The topological polar surface area (TPSA) is 49.3 Å². The molecule has 1 unspecified atom stereocenters. The van der Waals surface area contributed by atoms with Crippen LogP contribution in [0.5, 0.6) is 0 Å². The molecular weight excluding hydrogens is 226 g/mol. The number of aliphatic hydroxyl groups is 1. The van der Waals surface area contributed by atoms with Crippen molar-refractivity contribution in [2.75, 3.05) is 6.61 Å². The molecule has 0 aliphatic carbocycles. The maximum atomic E-state index is 11.6. The van der Waals surface area contributed by atoms with E-state index >= 15 is 0 Å². The van der Waals surface area contributed by atoms with Crippen LogP contribution in [0.1, 0.15) is 50.3 Å². The number of carbonyl (C=O) groups is 1. The quantitative estimate of drug-likeness (QED) is 0.730. The zero-order valence-corrected chi connectivity index (χ0v) is 11.3.